The molecule has 1 aliphatic carbocycles. The first kappa shape index (κ1) is 14.9. The van der Waals surface area contributed by atoms with Crippen LogP contribution in [-0.4, -0.2) is 40.6 Å². The Balaban J connectivity index is 1.73. The second-order valence-corrected chi connectivity index (χ2v) is 6.30. The molecule has 1 N–H and O–H groups in total. The summed E-state index contributed by atoms with van der Waals surface area (Å²) in [6.45, 7) is -0.319. The van der Waals surface area contributed by atoms with Crippen LogP contribution < -0.4 is 0 Å². The van der Waals surface area contributed by atoms with Crippen molar-refractivity contribution in [2.45, 2.75) is 31.4 Å². The summed E-state index contributed by atoms with van der Waals surface area (Å²) in [7, 11) is 0. The van der Waals surface area contributed by atoms with Crippen LogP contribution in [0.5, 0.6) is 0 Å². The van der Waals surface area contributed by atoms with E-state index in [0.717, 1.165) is 0 Å². The van der Waals surface area contributed by atoms with Crippen molar-refractivity contribution in [3.8, 4) is 0 Å². The van der Waals surface area contributed by atoms with Crippen LogP contribution in [0.3, 0.4) is 0 Å². The molecule has 1 amide bonds. The molecule has 1 aromatic rings. The van der Waals surface area contributed by atoms with Crippen LogP contribution in [0, 0.1) is 11.2 Å². The maximum Gasteiger partial charge on any atom is 0.343 e. The fourth-order valence-corrected chi connectivity index (χ4v) is 3.08. The van der Waals surface area contributed by atoms with Crippen molar-refractivity contribution in [1.82, 2.24) is 4.90 Å². The molecular weight excluding hydrogens is 292 g/mol. The van der Waals surface area contributed by atoms with Gasteiger partial charge in [-0.15, -0.1) is 0 Å². The van der Waals surface area contributed by atoms with Gasteiger partial charge in [-0.2, -0.15) is 0 Å². The van der Waals surface area contributed by atoms with Crippen LogP contribution in [0.4, 0.5) is 8.78 Å². The Morgan fingerprint density at radius 3 is 2.45 bits per heavy atom. The highest BCUT2D eigenvalue weighted by molar-refractivity contribution is 5.88. The summed E-state index contributed by atoms with van der Waals surface area (Å²) in [5.74, 6) is -2.13. The minimum absolute atomic E-state index is 0.0979. The van der Waals surface area contributed by atoms with Crippen molar-refractivity contribution in [1.29, 1.82) is 0 Å². The summed E-state index contributed by atoms with van der Waals surface area (Å²) >= 11 is 0. The van der Waals surface area contributed by atoms with Gasteiger partial charge in [-0.05, 0) is 30.9 Å². The first-order chi connectivity index (χ1) is 10.4. The number of likely N-dealkylation sites (tertiary alicyclic amines) is 1. The molecule has 22 heavy (non-hydrogen) atoms. The number of amides is 1. The molecule has 2 aliphatic rings. The number of carboxylic acids is 1. The summed E-state index contributed by atoms with van der Waals surface area (Å²) in [5, 5.41) is 8.90. The van der Waals surface area contributed by atoms with Crippen LogP contribution in [0.1, 0.15) is 24.8 Å². The molecule has 1 saturated heterocycles. The van der Waals surface area contributed by atoms with Gasteiger partial charge in [0.1, 0.15) is 5.82 Å². The number of carbonyl (C=O) groups excluding carboxylic acids is 1. The van der Waals surface area contributed by atoms with E-state index in [4.69, 9.17) is 5.11 Å². The van der Waals surface area contributed by atoms with E-state index in [1.807, 2.05) is 0 Å². The van der Waals surface area contributed by atoms with Crippen LogP contribution >= 0.6 is 0 Å². The van der Waals surface area contributed by atoms with Crippen LogP contribution in [-0.2, 0) is 16.0 Å². The molecule has 0 bridgehead atoms. The third-order valence-corrected chi connectivity index (χ3v) is 4.68. The Morgan fingerprint density at radius 1 is 1.23 bits per heavy atom. The van der Waals surface area contributed by atoms with Gasteiger partial charge < -0.3 is 10.0 Å². The number of halogens is 2. The van der Waals surface area contributed by atoms with Crippen molar-refractivity contribution in [3.63, 3.8) is 0 Å². The SMILES string of the molecule is O=C(O)C1(F)CCN(C(=O)C2(Cc3ccccc3F)CC2)C1. The van der Waals surface area contributed by atoms with Crippen LogP contribution in [0.15, 0.2) is 24.3 Å². The molecule has 1 aliphatic heterocycles. The Bertz CT molecular complexity index is 630. The molecule has 0 spiro atoms. The molecule has 2 fully saturated rings. The zero-order chi connectivity index (χ0) is 16.0. The topological polar surface area (TPSA) is 57.6 Å². The van der Waals surface area contributed by atoms with Gasteiger partial charge in [-0.3, -0.25) is 4.79 Å². The number of aliphatic carboxylic acids is 1. The summed E-state index contributed by atoms with van der Waals surface area (Å²) in [6.07, 6.45) is 1.34. The maximum atomic E-state index is 14.1. The molecule has 4 nitrogen and oxygen atoms in total. The third kappa shape index (κ3) is 2.46. The van der Waals surface area contributed by atoms with Gasteiger partial charge >= 0.3 is 5.97 Å². The minimum atomic E-state index is -2.36. The number of benzene rings is 1. The van der Waals surface area contributed by atoms with Crippen molar-refractivity contribution in [2.24, 2.45) is 5.41 Å². The lowest BCUT2D eigenvalue weighted by atomic mass is 9.94. The lowest BCUT2D eigenvalue weighted by molar-refractivity contribution is -0.150. The molecule has 6 heteroatoms. The largest absolute Gasteiger partial charge is 0.479 e. The van der Waals surface area contributed by atoms with Gasteiger partial charge in [-0.25, -0.2) is 13.6 Å². The van der Waals surface area contributed by atoms with Gasteiger partial charge in [0, 0.05) is 13.0 Å². The fourth-order valence-electron chi connectivity index (χ4n) is 3.08. The number of alkyl halides is 1. The highest BCUT2D eigenvalue weighted by Crippen LogP contribution is 2.51. The second kappa shape index (κ2) is 5.04. The van der Waals surface area contributed by atoms with E-state index in [1.165, 1.54) is 11.0 Å². The Hall–Kier alpha value is -1.98. The van der Waals surface area contributed by atoms with Crippen molar-refractivity contribution in [2.75, 3.05) is 13.1 Å². The van der Waals surface area contributed by atoms with Crippen LogP contribution in [0.2, 0.25) is 0 Å². The number of carboxylic acid groups (broad SMARTS) is 1. The van der Waals surface area contributed by atoms with Gasteiger partial charge in [0.25, 0.3) is 0 Å². The standard InChI is InChI=1S/C16H17F2NO3/c17-12-4-2-1-3-11(12)9-15(5-6-15)13(20)19-8-7-16(18,10-19)14(21)22/h1-4H,5-10H2,(H,21,22). The van der Waals surface area contributed by atoms with Gasteiger partial charge in [-0.1, -0.05) is 18.2 Å². The Labute approximate surface area is 126 Å². The fraction of sp³-hybridized carbons (Fsp3) is 0.500. The number of rotatable bonds is 4. The van der Waals surface area contributed by atoms with Crippen LogP contribution in [0.25, 0.3) is 0 Å². The molecule has 1 heterocycles. The van der Waals surface area contributed by atoms with Crippen molar-refractivity contribution < 1.29 is 23.5 Å². The normalized spacial score (nSPS) is 26.0. The molecule has 3 rings (SSSR count). The average molecular weight is 309 g/mol. The number of carbonyl (C=O) groups is 2. The first-order valence-corrected chi connectivity index (χ1v) is 7.31. The highest BCUT2D eigenvalue weighted by atomic mass is 19.1. The summed E-state index contributed by atoms with van der Waals surface area (Å²) in [6, 6.07) is 6.29. The molecule has 118 valence electrons. The summed E-state index contributed by atoms with van der Waals surface area (Å²) in [4.78, 5) is 24.8. The number of hydrogen-bond acceptors (Lipinski definition) is 2. The molecular formula is C16H17F2NO3. The van der Waals surface area contributed by atoms with Crippen molar-refractivity contribution in [3.05, 3.63) is 35.6 Å². The quantitative estimate of drug-likeness (QED) is 0.927. The second-order valence-electron chi connectivity index (χ2n) is 6.30. The maximum absolute atomic E-state index is 14.1. The van der Waals surface area contributed by atoms with E-state index in [0.29, 0.717) is 18.4 Å². The molecule has 1 atom stereocenters. The molecule has 1 unspecified atom stereocenters. The monoisotopic (exact) mass is 309 g/mol. The smallest absolute Gasteiger partial charge is 0.343 e. The predicted molar refractivity (Wildman–Crippen MR) is 74.4 cm³/mol. The zero-order valence-corrected chi connectivity index (χ0v) is 12.0. The molecule has 0 radical (unpaired) electrons. The van der Waals surface area contributed by atoms with Gasteiger partial charge in [0.05, 0.1) is 12.0 Å². The lowest BCUT2D eigenvalue weighted by Crippen LogP contribution is -2.42. The predicted octanol–water partition coefficient (Wildman–Crippen LogP) is 2.17. The third-order valence-electron chi connectivity index (χ3n) is 4.68. The van der Waals surface area contributed by atoms with E-state index < -0.39 is 23.6 Å². The first-order valence-electron chi connectivity index (χ1n) is 7.31. The average Bonchev–Trinajstić information content (AvgIpc) is 3.15. The zero-order valence-electron chi connectivity index (χ0n) is 12.0. The summed E-state index contributed by atoms with van der Waals surface area (Å²) < 4.78 is 27.8. The Kier molecular flexibility index (Phi) is 3.42. The van der Waals surface area contributed by atoms with Gasteiger partial charge in [0.15, 0.2) is 0 Å². The lowest BCUT2D eigenvalue weighted by Gasteiger charge is -2.24. The molecule has 0 aromatic heterocycles. The number of hydrogen-bond donors (Lipinski definition) is 1. The van der Waals surface area contributed by atoms with Gasteiger partial charge in [0.2, 0.25) is 11.6 Å². The van der Waals surface area contributed by atoms with E-state index in [1.54, 1.807) is 18.2 Å². The Morgan fingerprint density at radius 2 is 1.91 bits per heavy atom. The minimum Gasteiger partial charge on any atom is -0.479 e. The van der Waals surface area contributed by atoms with E-state index >= 15 is 0 Å². The van der Waals surface area contributed by atoms with E-state index in [9.17, 15) is 18.4 Å². The molecule has 1 aromatic carbocycles. The van der Waals surface area contributed by atoms with Crippen molar-refractivity contribution >= 4 is 11.9 Å². The molecule has 1 saturated carbocycles. The number of nitrogens with zero attached hydrogens (tertiary/aromatic N) is 1. The van der Waals surface area contributed by atoms with E-state index in [-0.39, 0.29) is 31.1 Å². The summed E-state index contributed by atoms with van der Waals surface area (Å²) in [5.41, 5.74) is -2.58. The van der Waals surface area contributed by atoms with E-state index in [2.05, 4.69) is 0 Å². The highest BCUT2D eigenvalue weighted by Gasteiger charge is 2.55.